The minimum absolute atomic E-state index is 0.112. The highest BCUT2D eigenvalue weighted by molar-refractivity contribution is 5.96. The number of pyridine rings is 1. The van der Waals surface area contributed by atoms with Crippen molar-refractivity contribution in [1.82, 2.24) is 10.5 Å². The summed E-state index contributed by atoms with van der Waals surface area (Å²) in [6, 6.07) is 18.4. The Morgan fingerprint density at radius 3 is 2.55 bits per heavy atom. The maximum Gasteiger partial charge on any atom is 0.276 e. The van der Waals surface area contributed by atoms with Gasteiger partial charge in [0, 0.05) is 5.69 Å². The Morgan fingerprint density at radius 1 is 1.14 bits per heavy atom. The van der Waals surface area contributed by atoms with Crippen molar-refractivity contribution in [2.75, 3.05) is 6.61 Å². The number of amides is 1. The second-order valence-electron chi connectivity index (χ2n) is 6.29. The average Bonchev–Trinajstić information content (AvgIpc) is 2.74. The first-order valence-corrected chi connectivity index (χ1v) is 8.98. The third kappa shape index (κ3) is 5.15. The third-order valence-corrected chi connectivity index (χ3v) is 4.26. The summed E-state index contributed by atoms with van der Waals surface area (Å²) in [4.78, 5) is 32.4. The molecule has 29 heavy (non-hydrogen) atoms. The molecular formula is C22H18FN3O3. The molecule has 0 radical (unpaired) electrons. The van der Waals surface area contributed by atoms with Crippen molar-refractivity contribution >= 4 is 5.91 Å². The van der Waals surface area contributed by atoms with E-state index < -0.39 is 17.3 Å². The lowest BCUT2D eigenvalue weighted by Crippen LogP contribution is -2.28. The summed E-state index contributed by atoms with van der Waals surface area (Å²) in [7, 11) is 0. The van der Waals surface area contributed by atoms with Crippen molar-refractivity contribution in [1.29, 1.82) is 5.26 Å². The van der Waals surface area contributed by atoms with E-state index in [2.05, 4.69) is 10.5 Å². The van der Waals surface area contributed by atoms with Gasteiger partial charge in [-0.05, 0) is 54.3 Å². The molecule has 1 aromatic heterocycles. The molecule has 0 saturated heterocycles. The van der Waals surface area contributed by atoms with Crippen molar-refractivity contribution in [3.8, 4) is 17.3 Å². The average molecular weight is 391 g/mol. The summed E-state index contributed by atoms with van der Waals surface area (Å²) < 4.78 is 13.1. The Balaban J connectivity index is 1.68. The molecule has 2 aromatic carbocycles. The largest absolute Gasteiger partial charge is 0.321 e. The molecule has 0 aliphatic rings. The van der Waals surface area contributed by atoms with Crippen molar-refractivity contribution in [3.63, 3.8) is 0 Å². The van der Waals surface area contributed by atoms with Crippen molar-refractivity contribution in [3.05, 3.63) is 93.5 Å². The molecule has 0 fully saturated rings. The predicted octanol–water partition coefficient (Wildman–Crippen LogP) is 3.35. The van der Waals surface area contributed by atoms with Gasteiger partial charge in [-0.15, -0.1) is 0 Å². The molecule has 2 N–H and O–H groups in total. The minimum Gasteiger partial charge on any atom is -0.321 e. The zero-order valence-corrected chi connectivity index (χ0v) is 15.4. The molecule has 0 saturated carbocycles. The number of nitrogens with one attached hydrogen (secondary N) is 2. The van der Waals surface area contributed by atoms with Crippen molar-refractivity contribution in [2.45, 2.75) is 12.8 Å². The van der Waals surface area contributed by atoms with E-state index in [1.54, 1.807) is 6.07 Å². The summed E-state index contributed by atoms with van der Waals surface area (Å²) in [5, 5.41) is 9.24. The second-order valence-corrected chi connectivity index (χ2v) is 6.29. The Bertz CT molecular complexity index is 1090. The fourth-order valence-corrected chi connectivity index (χ4v) is 2.80. The van der Waals surface area contributed by atoms with Crippen LogP contribution in [-0.2, 0) is 11.3 Å². The number of rotatable bonds is 7. The van der Waals surface area contributed by atoms with Gasteiger partial charge in [-0.25, -0.2) is 9.87 Å². The number of aromatic amines is 1. The van der Waals surface area contributed by atoms with Crippen LogP contribution in [0.4, 0.5) is 4.39 Å². The fraction of sp³-hybridized carbons (Fsp3) is 0.136. The molecule has 3 aromatic rings. The third-order valence-electron chi connectivity index (χ3n) is 4.26. The van der Waals surface area contributed by atoms with Crippen LogP contribution in [0.15, 0.2) is 65.5 Å². The minimum atomic E-state index is -0.705. The molecule has 1 amide bonds. The Kier molecular flexibility index (Phi) is 6.51. The lowest BCUT2D eigenvalue weighted by Gasteiger charge is -2.09. The second kappa shape index (κ2) is 9.44. The lowest BCUT2D eigenvalue weighted by molar-refractivity contribution is 0.0304. The Morgan fingerprint density at radius 2 is 1.86 bits per heavy atom. The normalized spacial score (nSPS) is 10.3. The number of nitrogens with zero attached hydrogens (tertiary/aromatic N) is 1. The van der Waals surface area contributed by atoms with Gasteiger partial charge in [0.2, 0.25) is 0 Å². The highest BCUT2D eigenvalue weighted by Crippen LogP contribution is 2.18. The Labute approximate surface area is 166 Å². The number of aromatic nitrogens is 1. The standard InChI is InChI=1S/C22H18FN3O3/c23-17-10-8-16(9-11-17)20-13-18(19(14-24)21(27)25-20)22(28)26-29-12-4-7-15-5-2-1-3-6-15/h1-3,5-6,8-11,13H,4,7,12H2,(H,25,27)(H,26,28). The highest BCUT2D eigenvalue weighted by atomic mass is 19.1. The molecule has 1 heterocycles. The molecular weight excluding hydrogens is 373 g/mol. The van der Waals surface area contributed by atoms with Crippen LogP contribution in [0.5, 0.6) is 0 Å². The highest BCUT2D eigenvalue weighted by Gasteiger charge is 2.17. The topological polar surface area (TPSA) is 95.0 Å². The number of benzene rings is 2. The van der Waals surface area contributed by atoms with E-state index in [-0.39, 0.29) is 17.7 Å². The molecule has 0 spiro atoms. The van der Waals surface area contributed by atoms with Gasteiger partial charge in [0.25, 0.3) is 11.5 Å². The molecule has 0 aliphatic carbocycles. The smallest absolute Gasteiger partial charge is 0.276 e. The van der Waals surface area contributed by atoms with Gasteiger partial charge >= 0.3 is 0 Å². The maximum absolute atomic E-state index is 13.1. The summed E-state index contributed by atoms with van der Waals surface area (Å²) in [6.07, 6.45) is 1.48. The van der Waals surface area contributed by atoms with Gasteiger partial charge in [0.15, 0.2) is 0 Å². The summed E-state index contributed by atoms with van der Waals surface area (Å²) in [5.41, 5.74) is 3.10. The summed E-state index contributed by atoms with van der Waals surface area (Å²) in [6.45, 7) is 0.274. The number of halogens is 1. The van der Waals surface area contributed by atoms with Gasteiger partial charge in [-0.1, -0.05) is 30.3 Å². The van der Waals surface area contributed by atoms with E-state index in [4.69, 9.17) is 4.84 Å². The number of carbonyl (C=O) groups is 1. The Hall–Kier alpha value is -3.76. The molecule has 0 atom stereocenters. The van der Waals surface area contributed by atoms with E-state index in [0.717, 1.165) is 12.0 Å². The van der Waals surface area contributed by atoms with Crippen LogP contribution < -0.4 is 11.0 Å². The van der Waals surface area contributed by atoms with E-state index in [0.29, 0.717) is 17.7 Å². The number of aryl methyl sites for hydroxylation is 1. The first-order chi connectivity index (χ1) is 14.1. The van der Waals surface area contributed by atoms with Gasteiger partial charge in [0.05, 0.1) is 12.2 Å². The number of hydrogen-bond acceptors (Lipinski definition) is 4. The number of hydroxylamine groups is 1. The first kappa shape index (κ1) is 20.0. The van der Waals surface area contributed by atoms with Gasteiger partial charge in [-0.3, -0.25) is 14.4 Å². The van der Waals surface area contributed by atoms with Crippen LogP contribution in [0, 0.1) is 17.1 Å². The quantitative estimate of drug-likeness (QED) is 0.477. The lowest BCUT2D eigenvalue weighted by atomic mass is 10.1. The molecule has 6 nitrogen and oxygen atoms in total. The zero-order valence-electron chi connectivity index (χ0n) is 15.4. The predicted molar refractivity (Wildman–Crippen MR) is 105 cm³/mol. The van der Waals surface area contributed by atoms with Gasteiger partial charge in [0.1, 0.15) is 17.4 Å². The molecule has 7 heteroatoms. The molecule has 3 rings (SSSR count). The molecule has 0 aliphatic heterocycles. The van der Waals surface area contributed by atoms with Crippen LogP contribution in [0.3, 0.4) is 0 Å². The molecule has 0 unspecified atom stereocenters. The van der Waals surface area contributed by atoms with E-state index in [1.165, 1.54) is 30.3 Å². The number of carbonyl (C=O) groups excluding carboxylic acids is 1. The van der Waals surface area contributed by atoms with Crippen molar-refractivity contribution < 1.29 is 14.0 Å². The fourth-order valence-electron chi connectivity index (χ4n) is 2.80. The monoisotopic (exact) mass is 391 g/mol. The SMILES string of the molecule is N#Cc1c(C(=O)NOCCCc2ccccc2)cc(-c2ccc(F)cc2)[nH]c1=O. The van der Waals surface area contributed by atoms with Crippen LogP contribution in [-0.4, -0.2) is 17.5 Å². The van der Waals surface area contributed by atoms with Crippen LogP contribution in [0.25, 0.3) is 11.3 Å². The summed E-state index contributed by atoms with van der Waals surface area (Å²) >= 11 is 0. The van der Waals surface area contributed by atoms with Crippen LogP contribution in [0.1, 0.15) is 27.9 Å². The van der Waals surface area contributed by atoms with E-state index >= 15 is 0 Å². The number of nitriles is 1. The zero-order chi connectivity index (χ0) is 20.6. The maximum atomic E-state index is 13.1. The van der Waals surface area contributed by atoms with Gasteiger partial charge in [-0.2, -0.15) is 5.26 Å². The van der Waals surface area contributed by atoms with Crippen LogP contribution in [0.2, 0.25) is 0 Å². The summed E-state index contributed by atoms with van der Waals surface area (Å²) in [5.74, 6) is -1.12. The number of hydrogen-bond donors (Lipinski definition) is 2. The molecule has 146 valence electrons. The van der Waals surface area contributed by atoms with Crippen LogP contribution >= 0.6 is 0 Å². The van der Waals surface area contributed by atoms with E-state index in [1.807, 2.05) is 30.3 Å². The number of H-pyrrole nitrogens is 1. The van der Waals surface area contributed by atoms with Gasteiger partial charge < -0.3 is 4.98 Å². The van der Waals surface area contributed by atoms with Crippen molar-refractivity contribution in [2.24, 2.45) is 0 Å². The molecule has 0 bridgehead atoms. The van der Waals surface area contributed by atoms with E-state index in [9.17, 15) is 19.2 Å². The first-order valence-electron chi connectivity index (χ1n) is 8.98.